The molecule has 0 unspecified atom stereocenters. The zero-order valence-electron chi connectivity index (χ0n) is 13.8. The molecule has 7 heteroatoms. The lowest BCUT2D eigenvalue weighted by atomic mass is 10.1. The average molecular weight is 374 g/mol. The molecule has 5 nitrogen and oxygen atoms in total. The predicted octanol–water partition coefficient (Wildman–Crippen LogP) is 4.21. The number of aromatic nitrogens is 3. The topological polar surface area (TPSA) is 57.0 Å². The van der Waals surface area contributed by atoms with Crippen molar-refractivity contribution in [2.45, 2.75) is 12.1 Å². The lowest BCUT2D eigenvalue weighted by molar-refractivity contribution is 0.102. The second-order valence-corrected chi connectivity index (χ2v) is 6.66. The molecule has 0 aliphatic heterocycles. The first-order valence-electron chi connectivity index (χ1n) is 7.56. The fourth-order valence-electron chi connectivity index (χ4n) is 2.31. The van der Waals surface area contributed by atoms with Crippen molar-refractivity contribution in [1.29, 1.82) is 0 Å². The third-order valence-corrected chi connectivity index (χ3v) is 4.81. The number of halogens is 1. The van der Waals surface area contributed by atoms with Crippen LogP contribution >= 0.6 is 23.4 Å². The molecular weight excluding hydrogens is 358 g/mol. The van der Waals surface area contributed by atoms with Crippen molar-refractivity contribution < 1.29 is 9.53 Å². The fourth-order valence-corrected chi connectivity index (χ4v) is 3.33. The Hall–Kier alpha value is -2.31. The predicted molar refractivity (Wildman–Crippen MR) is 99.2 cm³/mol. The highest BCUT2D eigenvalue weighted by atomic mass is 35.5. The van der Waals surface area contributed by atoms with Crippen molar-refractivity contribution in [3.8, 4) is 11.4 Å². The number of hydrogen-bond donors (Lipinski definition) is 0. The van der Waals surface area contributed by atoms with Gasteiger partial charge in [-0.2, -0.15) is 0 Å². The van der Waals surface area contributed by atoms with Gasteiger partial charge in [-0.15, -0.1) is 10.2 Å². The molecule has 0 amide bonds. The zero-order chi connectivity index (χ0) is 17.8. The Bertz CT molecular complexity index is 876. The number of carbonyl (C=O) groups excluding carboxylic acids is 1. The Morgan fingerprint density at radius 2 is 1.80 bits per heavy atom. The van der Waals surface area contributed by atoms with Crippen molar-refractivity contribution >= 4 is 29.1 Å². The number of rotatable bonds is 6. The van der Waals surface area contributed by atoms with Crippen LogP contribution in [0.5, 0.6) is 5.75 Å². The van der Waals surface area contributed by atoms with E-state index in [2.05, 4.69) is 10.2 Å². The van der Waals surface area contributed by atoms with Crippen LogP contribution in [0.2, 0.25) is 5.02 Å². The first-order valence-corrected chi connectivity index (χ1v) is 8.93. The van der Waals surface area contributed by atoms with Gasteiger partial charge in [-0.25, -0.2) is 0 Å². The summed E-state index contributed by atoms with van der Waals surface area (Å²) in [4.78, 5) is 12.3. The van der Waals surface area contributed by atoms with Gasteiger partial charge in [-0.1, -0.05) is 23.4 Å². The van der Waals surface area contributed by atoms with Crippen molar-refractivity contribution in [3.63, 3.8) is 0 Å². The first kappa shape index (κ1) is 17.5. The summed E-state index contributed by atoms with van der Waals surface area (Å²) in [6.07, 6.45) is 0. The lowest BCUT2D eigenvalue weighted by Crippen LogP contribution is -2.05. The number of hydrogen-bond acceptors (Lipinski definition) is 5. The van der Waals surface area contributed by atoms with Gasteiger partial charge in [0, 0.05) is 16.3 Å². The van der Waals surface area contributed by atoms with E-state index in [4.69, 9.17) is 16.3 Å². The van der Waals surface area contributed by atoms with Gasteiger partial charge in [0.05, 0.1) is 12.9 Å². The molecule has 2 aromatic carbocycles. The summed E-state index contributed by atoms with van der Waals surface area (Å²) in [5.41, 5.74) is 1.55. The molecule has 0 saturated heterocycles. The van der Waals surface area contributed by atoms with Gasteiger partial charge in [-0.05, 0) is 55.5 Å². The van der Waals surface area contributed by atoms with Gasteiger partial charge >= 0.3 is 0 Å². The van der Waals surface area contributed by atoms with Crippen molar-refractivity contribution in [1.82, 2.24) is 14.8 Å². The summed E-state index contributed by atoms with van der Waals surface area (Å²) in [5.74, 6) is 1.83. The molecule has 0 spiro atoms. The lowest BCUT2D eigenvalue weighted by Gasteiger charge is -2.09. The van der Waals surface area contributed by atoms with Crippen LogP contribution < -0.4 is 4.74 Å². The normalized spacial score (nSPS) is 10.7. The molecule has 0 fully saturated rings. The maximum Gasteiger partial charge on any atom is 0.196 e. The second kappa shape index (κ2) is 7.72. The quantitative estimate of drug-likeness (QED) is 0.478. The summed E-state index contributed by atoms with van der Waals surface area (Å²) in [6.45, 7) is 1.88. The minimum absolute atomic E-state index is 0.0172. The molecule has 0 saturated carbocycles. The molecule has 25 heavy (non-hydrogen) atoms. The highest BCUT2D eigenvalue weighted by molar-refractivity contribution is 7.99. The maximum absolute atomic E-state index is 12.3. The van der Waals surface area contributed by atoms with E-state index in [9.17, 15) is 4.79 Å². The SMILES string of the molecule is COc1ccc(-n2c(C)nnc2SCC(=O)c2ccc(Cl)cc2)cc1. The Morgan fingerprint density at radius 1 is 1.12 bits per heavy atom. The Kier molecular flexibility index (Phi) is 5.40. The van der Waals surface area contributed by atoms with E-state index >= 15 is 0 Å². The van der Waals surface area contributed by atoms with Gasteiger partial charge < -0.3 is 4.74 Å². The number of carbonyl (C=O) groups is 1. The Morgan fingerprint density at radius 3 is 2.44 bits per heavy atom. The van der Waals surface area contributed by atoms with Crippen LogP contribution in [0, 0.1) is 6.92 Å². The first-order chi connectivity index (χ1) is 12.1. The van der Waals surface area contributed by atoms with E-state index in [0.717, 1.165) is 17.3 Å². The summed E-state index contributed by atoms with van der Waals surface area (Å²) >= 11 is 7.21. The maximum atomic E-state index is 12.3. The number of nitrogens with zero attached hydrogens (tertiary/aromatic N) is 3. The van der Waals surface area contributed by atoms with E-state index in [0.29, 0.717) is 15.7 Å². The van der Waals surface area contributed by atoms with Gasteiger partial charge in [0.1, 0.15) is 11.6 Å². The van der Waals surface area contributed by atoms with E-state index < -0.39 is 0 Å². The monoisotopic (exact) mass is 373 g/mol. The van der Waals surface area contributed by atoms with Gasteiger partial charge in [-0.3, -0.25) is 9.36 Å². The number of ketones is 1. The van der Waals surface area contributed by atoms with Gasteiger partial charge in [0.15, 0.2) is 10.9 Å². The summed E-state index contributed by atoms with van der Waals surface area (Å²) in [6, 6.07) is 14.5. The number of aryl methyl sites for hydroxylation is 1. The summed E-state index contributed by atoms with van der Waals surface area (Å²) in [5, 5.41) is 9.60. The highest BCUT2D eigenvalue weighted by Gasteiger charge is 2.14. The molecule has 0 aliphatic rings. The number of thioether (sulfide) groups is 1. The van der Waals surface area contributed by atoms with E-state index in [1.165, 1.54) is 11.8 Å². The van der Waals surface area contributed by atoms with E-state index in [-0.39, 0.29) is 11.5 Å². The van der Waals surface area contributed by atoms with Crippen molar-refractivity contribution in [2.75, 3.05) is 12.9 Å². The molecule has 3 aromatic rings. The number of methoxy groups -OCH3 is 1. The molecule has 0 radical (unpaired) electrons. The van der Waals surface area contributed by atoms with E-state index in [1.54, 1.807) is 31.4 Å². The number of Topliss-reactive ketones (excluding diaryl/α,β-unsaturated/α-hetero) is 1. The molecule has 128 valence electrons. The molecule has 3 rings (SSSR count). The minimum atomic E-state index is 0.0172. The highest BCUT2D eigenvalue weighted by Crippen LogP contribution is 2.24. The van der Waals surface area contributed by atoms with Crippen LogP contribution in [-0.4, -0.2) is 33.4 Å². The fraction of sp³-hybridized carbons (Fsp3) is 0.167. The van der Waals surface area contributed by atoms with E-state index in [1.807, 2.05) is 35.8 Å². The molecule has 1 heterocycles. The average Bonchev–Trinajstić information content (AvgIpc) is 3.01. The second-order valence-electron chi connectivity index (χ2n) is 5.28. The molecule has 1 aromatic heterocycles. The molecule has 0 atom stereocenters. The van der Waals surface area contributed by atoms with Crippen LogP contribution in [0.3, 0.4) is 0 Å². The molecule has 0 N–H and O–H groups in total. The Balaban J connectivity index is 1.77. The molecule has 0 bridgehead atoms. The third-order valence-electron chi connectivity index (χ3n) is 3.62. The molecule has 0 aliphatic carbocycles. The van der Waals surface area contributed by atoms with Crippen LogP contribution in [-0.2, 0) is 0 Å². The standard InChI is InChI=1S/C18H16ClN3O2S/c1-12-20-21-18(22(12)15-7-9-16(24-2)10-8-15)25-11-17(23)13-3-5-14(19)6-4-13/h3-10H,11H2,1-2H3. The number of ether oxygens (including phenoxy) is 1. The number of benzene rings is 2. The van der Waals surface area contributed by atoms with Crippen LogP contribution in [0.1, 0.15) is 16.2 Å². The smallest absolute Gasteiger partial charge is 0.196 e. The van der Waals surface area contributed by atoms with Crippen molar-refractivity contribution in [2.24, 2.45) is 0 Å². The minimum Gasteiger partial charge on any atom is -0.497 e. The van der Waals surface area contributed by atoms with Crippen LogP contribution in [0.15, 0.2) is 53.7 Å². The summed E-state index contributed by atoms with van der Waals surface area (Å²) in [7, 11) is 1.63. The van der Waals surface area contributed by atoms with Crippen LogP contribution in [0.25, 0.3) is 5.69 Å². The zero-order valence-corrected chi connectivity index (χ0v) is 15.3. The molecular formula is C18H16ClN3O2S. The summed E-state index contributed by atoms with van der Waals surface area (Å²) < 4.78 is 7.10. The van der Waals surface area contributed by atoms with Gasteiger partial charge in [0.25, 0.3) is 0 Å². The third kappa shape index (κ3) is 4.03. The van der Waals surface area contributed by atoms with Gasteiger partial charge in [0.2, 0.25) is 0 Å². The van der Waals surface area contributed by atoms with Crippen LogP contribution in [0.4, 0.5) is 0 Å². The Labute approximate surface area is 155 Å². The largest absolute Gasteiger partial charge is 0.497 e. The van der Waals surface area contributed by atoms with Crippen molar-refractivity contribution in [3.05, 3.63) is 64.9 Å².